The van der Waals surface area contributed by atoms with Crippen LogP contribution in [0.25, 0.3) is 0 Å². The molecule has 4 nitrogen and oxygen atoms in total. The molecule has 2 rings (SSSR count). The van der Waals surface area contributed by atoms with Gasteiger partial charge < -0.3 is 5.11 Å². The molecule has 1 aliphatic carbocycles. The Balaban J connectivity index is 2.07. The van der Waals surface area contributed by atoms with Crippen LogP contribution < -0.4 is 4.72 Å². The van der Waals surface area contributed by atoms with E-state index in [0.29, 0.717) is 22.5 Å². The lowest BCUT2D eigenvalue weighted by molar-refractivity contribution is 0.300. The summed E-state index contributed by atoms with van der Waals surface area (Å²) in [5, 5.41) is 8.89. The molecule has 1 heterocycles. The van der Waals surface area contributed by atoms with E-state index in [1.165, 1.54) is 11.3 Å². The topological polar surface area (TPSA) is 66.4 Å². The molecule has 1 fully saturated rings. The van der Waals surface area contributed by atoms with Gasteiger partial charge in [0.25, 0.3) is 0 Å². The maximum absolute atomic E-state index is 12.4. The van der Waals surface area contributed by atoms with Crippen LogP contribution in [0.15, 0.2) is 16.3 Å². The van der Waals surface area contributed by atoms with Crippen molar-refractivity contribution in [1.29, 1.82) is 0 Å². The van der Waals surface area contributed by atoms with Crippen molar-refractivity contribution in [1.82, 2.24) is 4.72 Å². The van der Waals surface area contributed by atoms with Crippen LogP contribution in [0.2, 0.25) is 0 Å². The molecule has 2 N–H and O–H groups in total. The zero-order valence-electron chi connectivity index (χ0n) is 12.0. The third-order valence-electron chi connectivity index (χ3n) is 4.32. The van der Waals surface area contributed by atoms with Gasteiger partial charge in [0.15, 0.2) is 0 Å². The van der Waals surface area contributed by atoms with Crippen molar-refractivity contribution in [3.63, 3.8) is 0 Å². The largest absolute Gasteiger partial charge is 0.396 e. The zero-order valence-corrected chi connectivity index (χ0v) is 13.6. The van der Waals surface area contributed by atoms with E-state index in [4.69, 9.17) is 5.11 Å². The van der Waals surface area contributed by atoms with Crippen molar-refractivity contribution in [3.05, 3.63) is 17.0 Å². The number of aliphatic hydroxyl groups excluding tert-OH is 1. The molecule has 0 saturated heterocycles. The second-order valence-corrected chi connectivity index (χ2v) is 8.64. The molecule has 1 aromatic heterocycles. The molecular formula is C14H23NO3S2. The normalized spacial score (nSPS) is 27.1. The second-order valence-electron chi connectivity index (χ2n) is 5.53. The highest BCUT2D eigenvalue weighted by molar-refractivity contribution is 7.91. The molecule has 1 aromatic rings. The molecule has 0 aromatic carbocycles. The van der Waals surface area contributed by atoms with Crippen molar-refractivity contribution < 1.29 is 13.5 Å². The Labute approximate surface area is 125 Å². The molecular weight excluding hydrogens is 294 g/mol. The quantitative estimate of drug-likeness (QED) is 0.846. The van der Waals surface area contributed by atoms with Crippen LogP contribution in [-0.4, -0.2) is 26.2 Å². The average molecular weight is 317 g/mol. The molecule has 0 amide bonds. The van der Waals surface area contributed by atoms with Gasteiger partial charge in [0.2, 0.25) is 10.0 Å². The Morgan fingerprint density at radius 2 is 2.15 bits per heavy atom. The number of nitrogens with one attached hydrogen (secondary N) is 1. The van der Waals surface area contributed by atoms with Crippen LogP contribution >= 0.6 is 11.3 Å². The predicted molar refractivity (Wildman–Crippen MR) is 81.4 cm³/mol. The molecule has 1 aliphatic rings. The van der Waals surface area contributed by atoms with Crippen LogP contribution in [0, 0.1) is 11.8 Å². The molecule has 0 spiro atoms. The fraction of sp³-hybridized carbons (Fsp3) is 0.714. The van der Waals surface area contributed by atoms with Crippen LogP contribution in [0.3, 0.4) is 0 Å². The van der Waals surface area contributed by atoms with Crippen LogP contribution in [0.1, 0.15) is 38.0 Å². The Kier molecular flexibility index (Phi) is 5.23. The van der Waals surface area contributed by atoms with Crippen LogP contribution in [0.4, 0.5) is 0 Å². The summed E-state index contributed by atoms with van der Waals surface area (Å²) < 4.78 is 28.0. The third kappa shape index (κ3) is 3.42. The maximum Gasteiger partial charge on any atom is 0.250 e. The van der Waals surface area contributed by atoms with E-state index < -0.39 is 10.0 Å². The molecule has 0 radical (unpaired) electrons. The minimum atomic E-state index is -3.42. The van der Waals surface area contributed by atoms with E-state index in [0.717, 1.165) is 24.1 Å². The SMILES string of the molecule is CCC1CCC(NS(=O)(=O)c2ccc(CCO)s2)C1C. The second kappa shape index (κ2) is 6.56. The van der Waals surface area contributed by atoms with Crippen LogP contribution in [-0.2, 0) is 16.4 Å². The summed E-state index contributed by atoms with van der Waals surface area (Å²) in [6, 6.07) is 3.46. The van der Waals surface area contributed by atoms with Gasteiger partial charge in [-0.25, -0.2) is 13.1 Å². The molecule has 20 heavy (non-hydrogen) atoms. The number of hydrogen-bond donors (Lipinski definition) is 2. The number of thiophene rings is 1. The number of sulfonamides is 1. The first kappa shape index (κ1) is 15.9. The summed E-state index contributed by atoms with van der Waals surface area (Å²) in [4.78, 5) is 0.902. The van der Waals surface area contributed by atoms with E-state index in [1.54, 1.807) is 12.1 Å². The Bertz CT molecular complexity index is 538. The number of hydrogen-bond acceptors (Lipinski definition) is 4. The lowest BCUT2D eigenvalue weighted by atomic mass is 9.94. The summed E-state index contributed by atoms with van der Waals surface area (Å²) in [6.07, 6.45) is 3.65. The highest BCUT2D eigenvalue weighted by atomic mass is 32.2. The van der Waals surface area contributed by atoms with Gasteiger partial charge in [0.05, 0.1) is 0 Å². The van der Waals surface area contributed by atoms with Gasteiger partial charge in [-0.1, -0.05) is 20.3 Å². The molecule has 1 saturated carbocycles. The van der Waals surface area contributed by atoms with Crippen molar-refractivity contribution in [3.8, 4) is 0 Å². The average Bonchev–Trinajstić information content (AvgIpc) is 2.99. The van der Waals surface area contributed by atoms with Gasteiger partial charge in [-0.15, -0.1) is 11.3 Å². The zero-order chi connectivity index (χ0) is 14.8. The Morgan fingerprint density at radius 3 is 2.75 bits per heavy atom. The highest BCUT2D eigenvalue weighted by Gasteiger charge is 2.34. The lowest BCUT2D eigenvalue weighted by Crippen LogP contribution is -2.37. The first-order valence-corrected chi connectivity index (χ1v) is 9.49. The smallest absolute Gasteiger partial charge is 0.250 e. The molecule has 0 aliphatic heterocycles. The molecule has 3 unspecified atom stereocenters. The van der Waals surface area contributed by atoms with Gasteiger partial charge in [-0.2, -0.15) is 0 Å². The first-order valence-electron chi connectivity index (χ1n) is 7.19. The molecule has 0 bridgehead atoms. The fourth-order valence-corrected chi connectivity index (χ4v) is 5.72. The van der Waals surface area contributed by atoms with E-state index in [9.17, 15) is 8.42 Å². The van der Waals surface area contributed by atoms with Gasteiger partial charge >= 0.3 is 0 Å². The fourth-order valence-electron chi connectivity index (χ4n) is 2.99. The number of aliphatic hydroxyl groups is 1. The summed E-state index contributed by atoms with van der Waals surface area (Å²) in [5.74, 6) is 1.02. The minimum Gasteiger partial charge on any atom is -0.396 e. The standard InChI is InChI=1S/C14H23NO3S2/c1-3-11-4-6-13(10(11)2)15-20(17,18)14-7-5-12(19-14)8-9-16/h5,7,10-11,13,15-16H,3-4,6,8-9H2,1-2H3. The van der Waals surface area contributed by atoms with Crippen molar-refractivity contribution in [2.24, 2.45) is 11.8 Å². The lowest BCUT2D eigenvalue weighted by Gasteiger charge is -2.20. The molecule has 3 atom stereocenters. The van der Waals surface area contributed by atoms with E-state index >= 15 is 0 Å². The van der Waals surface area contributed by atoms with Crippen molar-refractivity contribution in [2.75, 3.05) is 6.61 Å². The van der Waals surface area contributed by atoms with Crippen molar-refractivity contribution >= 4 is 21.4 Å². The minimum absolute atomic E-state index is 0.0469. The maximum atomic E-state index is 12.4. The number of rotatable bonds is 6. The molecule has 6 heteroatoms. The Hall–Kier alpha value is -0.430. The monoisotopic (exact) mass is 317 g/mol. The van der Waals surface area contributed by atoms with Crippen molar-refractivity contribution in [2.45, 2.75) is 49.8 Å². The highest BCUT2D eigenvalue weighted by Crippen LogP contribution is 2.35. The van der Waals surface area contributed by atoms with E-state index in [1.807, 2.05) is 0 Å². The molecule has 114 valence electrons. The summed E-state index contributed by atoms with van der Waals surface area (Å²) >= 11 is 1.25. The summed E-state index contributed by atoms with van der Waals surface area (Å²) in [5.41, 5.74) is 0. The third-order valence-corrected chi connectivity index (χ3v) is 7.44. The van der Waals surface area contributed by atoms with Gasteiger partial charge in [0, 0.05) is 23.9 Å². The Morgan fingerprint density at radius 1 is 1.40 bits per heavy atom. The van der Waals surface area contributed by atoms with Gasteiger partial charge in [0.1, 0.15) is 4.21 Å². The van der Waals surface area contributed by atoms with E-state index in [-0.39, 0.29) is 12.6 Å². The van der Waals surface area contributed by atoms with Gasteiger partial charge in [-0.3, -0.25) is 0 Å². The van der Waals surface area contributed by atoms with E-state index in [2.05, 4.69) is 18.6 Å². The van der Waals surface area contributed by atoms with Gasteiger partial charge in [-0.05, 0) is 36.8 Å². The predicted octanol–water partition coefficient (Wildman–Crippen LogP) is 2.39. The summed E-state index contributed by atoms with van der Waals surface area (Å²) in [7, 11) is -3.42. The summed E-state index contributed by atoms with van der Waals surface area (Å²) in [6.45, 7) is 4.35. The first-order chi connectivity index (χ1) is 9.47. The van der Waals surface area contributed by atoms with Crippen LogP contribution in [0.5, 0.6) is 0 Å².